The monoisotopic (exact) mass is 397 g/mol. The molecule has 1 unspecified atom stereocenters. The SMILES string of the molecule is COC(C)(C)C(=O)N1CCC(c2cc(C(=O)NCC(C)C)c3ccccc3n2)C1. The van der Waals surface area contributed by atoms with E-state index < -0.39 is 5.60 Å². The van der Waals surface area contributed by atoms with E-state index in [0.29, 0.717) is 31.1 Å². The maximum Gasteiger partial charge on any atom is 0.254 e. The van der Waals surface area contributed by atoms with Crippen LogP contribution in [0.3, 0.4) is 0 Å². The summed E-state index contributed by atoms with van der Waals surface area (Å²) in [6.07, 6.45) is 0.823. The zero-order valence-corrected chi connectivity index (χ0v) is 18.0. The molecule has 1 fully saturated rings. The molecule has 1 N–H and O–H groups in total. The summed E-state index contributed by atoms with van der Waals surface area (Å²) < 4.78 is 5.35. The van der Waals surface area contributed by atoms with Crippen molar-refractivity contribution in [1.29, 1.82) is 0 Å². The summed E-state index contributed by atoms with van der Waals surface area (Å²) in [6.45, 7) is 9.60. The first-order chi connectivity index (χ1) is 13.7. The number of methoxy groups -OCH3 is 1. The van der Waals surface area contributed by atoms with Crippen LogP contribution in [0.4, 0.5) is 0 Å². The number of carbonyl (C=O) groups is 2. The van der Waals surface area contributed by atoms with E-state index in [1.807, 2.05) is 35.2 Å². The molecule has 0 spiro atoms. The van der Waals surface area contributed by atoms with Crippen molar-refractivity contribution in [3.8, 4) is 0 Å². The van der Waals surface area contributed by atoms with Crippen LogP contribution in [0.5, 0.6) is 0 Å². The van der Waals surface area contributed by atoms with Crippen molar-refractivity contribution in [2.45, 2.75) is 45.6 Å². The maximum atomic E-state index is 12.9. The van der Waals surface area contributed by atoms with Gasteiger partial charge in [-0.05, 0) is 38.3 Å². The van der Waals surface area contributed by atoms with Gasteiger partial charge in [0.05, 0.1) is 11.1 Å². The lowest BCUT2D eigenvalue weighted by atomic mass is 9.99. The molecule has 156 valence electrons. The van der Waals surface area contributed by atoms with E-state index in [4.69, 9.17) is 9.72 Å². The molecule has 6 nitrogen and oxygen atoms in total. The summed E-state index contributed by atoms with van der Waals surface area (Å²) in [6, 6.07) is 9.62. The lowest BCUT2D eigenvalue weighted by Gasteiger charge is -2.28. The van der Waals surface area contributed by atoms with Crippen LogP contribution in [0.1, 0.15) is 56.1 Å². The molecular formula is C23H31N3O3. The van der Waals surface area contributed by atoms with Crippen LogP contribution in [-0.2, 0) is 9.53 Å². The molecule has 6 heteroatoms. The van der Waals surface area contributed by atoms with E-state index in [1.165, 1.54) is 0 Å². The molecule has 2 heterocycles. The van der Waals surface area contributed by atoms with Crippen LogP contribution in [0.25, 0.3) is 10.9 Å². The number of nitrogens with zero attached hydrogens (tertiary/aromatic N) is 2. The Hall–Kier alpha value is -2.47. The van der Waals surface area contributed by atoms with Crippen molar-refractivity contribution in [2.24, 2.45) is 5.92 Å². The van der Waals surface area contributed by atoms with Crippen LogP contribution in [0.15, 0.2) is 30.3 Å². The molecule has 0 saturated carbocycles. The number of amides is 2. The number of hydrogen-bond donors (Lipinski definition) is 1. The van der Waals surface area contributed by atoms with E-state index in [9.17, 15) is 9.59 Å². The standard InChI is InChI=1S/C23H31N3O3/c1-15(2)13-24-21(27)18-12-20(25-19-9-7-6-8-17(18)19)16-10-11-26(14-16)22(28)23(3,4)29-5/h6-9,12,15-16H,10-11,13-14H2,1-5H3,(H,24,27). The van der Waals surface area contributed by atoms with Crippen LogP contribution in [0, 0.1) is 5.92 Å². The van der Waals surface area contributed by atoms with Gasteiger partial charge in [-0.3, -0.25) is 14.6 Å². The van der Waals surface area contributed by atoms with Gasteiger partial charge in [0.1, 0.15) is 5.60 Å². The fraction of sp³-hybridized carbons (Fsp3) is 0.522. The number of fused-ring (bicyclic) bond motifs is 1. The minimum absolute atomic E-state index is 0.0156. The van der Waals surface area contributed by atoms with Crippen molar-refractivity contribution in [2.75, 3.05) is 26.7 Å². The number of carbonyl (C=O) groups excluding carboxylic acids is 2. The Morgan fingerprint density at radius 1 is 1.31 bits per heavy atom. The molecule has 1 atom stereocenters. The third-order valence-corrected chi connectivity index (χ3v) is 5.57. The van der Waals surface area contributed by atoms with Gasteiger partial charge in [-0.25, -0.2) is 0 Å². The molecular weight excluding hydrogens is 366 g/mol. The highest BCUT2D eigenvalue weighted by Gasteiger charge is 2.37. The highest BCUT2D eigenvalue weighted by Crippen LogP contribution is 2.30. The lowest BCUT2D eigenvalue weighted by Crippen LogP contribution is -2.45. The number of para-hydroxylation sites is 1. The largest absolute Gasteiger partial charge is 0.369 e. The topological polar surface area (TPSA) is 71.5 Å². The predicted molar refractivity (Wildman–Crippen MR) is 114 cm³/mol. The Morgan fingerprint density at radius 3 is 2.72 bits per heavy atom. The number of benzene rings is 1. The second-order valence-electron chi connectivity index (χ2n) is 8.67. The van der Waals surface area contributed by atoms with Crippen LogP contribution in [-0.4, -0.2) is 54.0 Å². The number of pyridine rings is 1. The first kappa shape index (κ1) is 21.2. The number of likely N-dealkylation sites (tertiary alicyclic amines) is 1. The highest BCUT2D eigenvalue weighted by atomic mass is 16.5. The summed E-state index contributed by atoms with van der Waals surface area (Å²) in [5.41, 5.74) is 1.48. The molecule has 0 aliphatic carbocycles. The number of ether oxygens (including phenoxy) is 1. The van der Waals surface area contributed by atoms with Crippen molar-refractivity contribution in [1.82, 2.24) is 15.2 Å². The van der Waals surface area contributed by atoms with E-state index >= 15 is 0 Å². The number of nitrogens with one attached hydrogen (secondary N) is 1. The van der Waals surface area contributed by atoms with E-state index in [0.717, 1.165) is 23.0 Å². The van der Waals surface area contributed by atoms with Gasteiger partial charge in [0, 0.05) is 43.7 Å². The van der Waals surface area contributed by atoms with Gasteiger partial charge in [-0.1, -0.05) is 32.0 Å². The summed E-state index contributed by atoms with van der Waals surface area (Å²) in [5.74, 6) is 0.390. The van der Waals surface area contributed by atoms with Crippen LogP contribution < -0.4 is 5.32 Å². The van der Waals surface area contributed by atoms with Crippen molar-refractivity contribution in [3.05, 3.63) is 41.6 Å². The third-order valence-electron chi connectivity index (χ3n) is 5.57. The molecule has 2 aromatic rings. The fourth-order valence-electron chi connectivity index (χ4n) is 3.64. The van der Waals surface area contributed by atoms with Crippen molar-refractivity contribution >= 4 is 22.7 Å². The molecule has 1 aliphatic heterocycles. The number of hydrogen-bond acceptors (Lipinski definition) is 4. The van der Waals surface area contributed by atoms with E-state index in [2.05, 4.69) is 19.2 Å². The average Bonchev–Trinajstić information content (AvgIpc) is 3.20. The number of rotatable bonds is 6. The summed E-state index contributed by atoms with van der Waals surface area (Å²) >= 11 is 0. The maximum absolute atomic E-state index is 12.9. The predicted octanol–water partition coefficient (Wildman–Crippen LogP) is 3.36. The summed E-state index contributed by atoms with van der Waals surface area (Å²) in [5, 5.41) is 3.87. The molecule has 29 heavy (non-hydrogen) atoms. The molecule has 2 amide bonds. The quantitative estimate of drug-likeness (QED) is 0.811. The molecule has 1 saturated heterocycles. The first-order valence-electron chi connectivity index (χ1n) is 10.3. The summed E-state index contributed by atoms with van der Waals surface area (Å²) in [4.78, 5) is 32.2. The van der Waals surface area contributed by atoms with Crippen LogP contribution >= 0.6 is 0 Å². The third kappa shape index (κ3) is 4.58. The first-order valence-corrected chi connectivity index (χ1v) is 10.3. The Balaban J connectivity index is 1.89. The van der Waals surface area contributed by atoms with Crippen molar-refractivity contribution in [3.63, 3.8) is 0 Å². The average molecular weight is 398 g/mol. The molecule has 0 bridgehead atoms. The molecule has 1 aromatic carbocycles. The fourth-order valence-corrected chi connectivity index (χ4v) is 3.64. The second kappa shape index (κ2) is 8.49. The Bertz CT molecular complexity index is 907. The molecule has 1 aromatic heterocycles. The molecule has 0 radical (unpaired) electrons. The smallest absolute Gasteiger partial charge is 0.254 e. The van der Waals surface area contributed by atoms with Gasteiger partial charge < -0.3 is 15.0 Å². The Labute approximate surface area is 172 Å². The van der Waals surface area contributed by atoms with Gasteiger partial charge in [0.25, 0.3) is 11.8 Å². The molecule has 3 rings (SSSR count). The highest BCUT2D eigenvalue weighted by molar-refractivity contribution is 6.06. The number of aromatic nitrogens is 1. The minimum Gasteiger partial charge on any atom is -0.369 e. The molecule has 1 aliphatic rings. The minimum atomic E-state index is -0.840. The normalized spacial score (nSPS) is 17.2. The Morgan fingerprint density at radius 2 is 2.03 bits per heavy atom. The van der Waals surface area contributed by atoms with E-state index in [1.54, 1.807) is 21.0 Å². The van der Waals surface area contributed by atoms with Crippen molar-refractivity contribution < 1.29 is 14.3 Å². The Kier molecular flexibility index (Phi) is 6.22. The van der Waals surface area contributed by atoms with Gasteiger partial charge in [0.15, 0.2) is 0 Å². The summed E-state index contributed by atoms with van der Waals surface area (Å²) in [7, 11) is 1.55. The van der Waals surface area contributed by atoms with Gasteiger partial charge in [-0.2, -0.15) is 0 Å². The zero-order chi connectivity index (χ0) is 21.2. The zero-order valence-electron chi connectivity index (χ0n) is 18.0. The van der Waals surface area contributed by atoms with Gasteiger partial charge >= 0.3 is 0 Å². The second-order valence-corrected chi connectivity index (χ2v) is 8.67. The lowest BCUT2D eigenvalue weighted by molar-refractivity contribution is -0.149. The van der Waals surface area contributed by atoms with E-state index in [-0.39, 0.29) is 17.7 Å². The van der Waals surface area contributed by atoms with Gasteiger partial charge in [-0.15, -0.1) is 0 Å². The van der Waals surface area contributed by atoms with Gasteiger partial charge in [0.2, 0.25) is 0 Å². The van der Waals surface area contributed by atoms with Crippen LogP contribution in [0.2, 0.25) is 0 Å².